The molecule has 0 saturated carbocycles. The first-order valence-electron chi connectivity index (χ1n) is 9.55. The van der Waals surface area contributed by atoms with Crippen LogP contribution in [0, 0.1) is 0 Å². The number of nitrogens with two attached hydrogens (primary N) is 1. The molecule has 1 unspecified atom stereocenters. The molecule has 3 rings (SSSR count). The minimum Gasteiger partial charge on any atom is -0.444 e. The van der Waals surface area contributed by atoms with Crippen molar-refractivity contribution in [3.63, 3.8) is 0 Å². The molecule has 7 nitrogen and oxygen atoms in total. The molecule has 1 heterocycles. The third kappa shape index (κ3) is 5.79. The van der Waals surface area contributed by atoms with E-state index in [-0.39, 0.29) is 5.89 Å². The van der Waals surface area contributed by atoms with Crippen molar-refractivity contribution in [3.05, 3.63) is 65.5 Å². The van der Waals surface area contributed by atoms with E-state index in [2.05, 4.69) is 10.3 Å². The summed E-state index contributed by atoms with van der Waals surface area (Å²) in [4.78, 5) is 16.0. The zero-order chi connectivity index (χ0) is 21.0. The number of aliphatic hydroxyl groups is 1. The minimum atomic E-state index is -1.00. The number of ether oxygens (including phenoxy) is 1. The molecule has 7 heteroatoms. The van der Waals surface area contributed by atoms with Crippen LogP contribution < -0.4 is 11.1 Å². The van der Waals surface area contributed by atoms with Crippen LogP contribution in [-0.4, -0.2) is 27.8 Å². The molecular formula is C22H27N3O4. The lowest BCUT2D eigenvalue weighted by Crippen LogP contribution is -2.32. The zero-order valence-corrected chi connectivity index (χ0v) is 16.9. The summed E-state index contributed by atoms with van der Waals surface area (Å²) in [7, 11) is 0. The van der Waals surface area contributed by atoms with E-state index in [1.807, 2.05) is 63.2 Å². The number of aliphatic hydroxyl groups excluding tert-OH is 1. The third-order valence-corrected chi connectivity index (χ3v) is 4.30. The zero-order valence-electron chi connectivity index (χ0n) is 16.9. The summed E-state index contributed by atoms with van der Waals surface area (Å²) in [6.45, 7) is 5.83. The van der Waals surface area contributed by atoms with Crippen molar-refractivity contribution in [2.75, 3.05) is 0 Å². The van der Waals surface area contributed by atoms with Gasteiger partial charge in [0.15, 0.2) is 5.58 Å². The van der Waals surface area contributed by atoms with Crippen LogP contribution in [0.2, 0.25) is 0 Å². The molecule has 1 amide bonds. The second-order valence-corrected chi connectivity index (χ2v) is 8.00. The number of oxazole rings is 1. The van der Waals surface area contributed by atoms with Gasteiger partial charge in [-0.05, 0) is 50.5 Å². The van der Waals surface area contributed by atoms with Gasteiger partial charge in [0.25, 0.3) is 0 Å². The number of carbonyl (C=O) groups is 1. The van der Waals surface area contributed by atoms with Crippen molar-refractivity contribution >= 4 is 17.2 Å². The van der Waals surface area contributed by atoms with Crippen LogP contribution in [0.25, 0.3) is 11.1 Å². The van der Waals surface area contributed by atoms with E-state index in [1.165, 1.54) is 0 Å². The average molecular weight is 397 g/mol. The van der Waals surface area contributed by atoms with Crippen molar-refractivity contribution < 1.29 is 19.1 Å². The van der Waals surface area contributed by atoms with Crippen molar-refractivity contribution in [2.24, 2.45) is 5.73 Å². The van der Waals surface area contributed by atoms with Gasteiger partial charge in [-0.15, -0.1) is 0 Å². The van der Waals surface area contributed by atoms with Crippen molar-refractivity contribution in [1.29, 1.82) is 0 Å². The third-order valence-electron chi connectivity index (χ3n) is 4.30. The van der Waals surface area contributed by atoms with Crippen LogP contribution in [0.15, 0.2) is 52.9 Å². The second kappa shape index (κ2) is 8.63. The number of fused-ring (bicyclic) bond motifs is 1. The van der Waals surface area contributed by atoms with Gasteiger partial charge in [0, 0.05) is 12.6 Å². The maximum atomic E-state index is 11.7. The molecule has 0 aliphatic carbocycles. The molecule has 0 radical (unpaired) electrons. The number of benzene rings is 2. The highest BCUT2D eigenvalue weighted by Gasteiger charge is 2.23. The highest BCUT2D eigenvalue weighted by Crippen LogP contribution is 2.23. The number of para-hydroxylation sites is 2. The van der Waals surface area contributed by atoms with Gasteiger partial charge < -0.3 is 25.3 Å². The number of alkyl carbamates (subject to hydrolysis) is 1. The Morgan fingerprint density at radius 3 is 2.48 bits per heavy atom. The topological polar surface area (TPSA) is 111 Å². The number of carbonyl (C=O) groups excluding carboxylic acids is 1. The molecule has 0 saturated heterocycles. The molecule has 154 valence electrons. The average Bonchev–Trinajstić information content (AvgIpc) is 3.09. The van der Waals surface area contributed by atoms with Gasteiger partial charge in [0.2, 0.25) is 5.89 Å². The maximum Gasteiger partial charge on any atom is 0.407 e. The van der Waals surface area contributed by atoms with E-state index >= 15 is 0 Å². The van der Waals surface area contributed by atoms with E-state index in [9.17, 15) is 9.90 Å². The van der Waals surface area contributed by atoms with Crippen molar-refractivity contribution in [1.82, 2.24) is 10.3 Å². The van der Waals surface area contributed by atoms with Gasteiger partial charge in [-0.2, -0.15) is 0 Å². The predicted molar refractivity (Wildman–Crippen MR) is 110 cm³/mol. The Morgan fingerprint density at radius 2 is 1.83 bits per heavy atom. The summed E-state index contributed by atoms with van der Waals surface area (Å²) >= 11 is 0. The molecule has 2 atom stereocenters. The van der Waals surface area contributed by atoms with E-state index < -0.39 is 23.8 Å². The fourth-order valence-electron chi connectivity index (χ4n) is 2.87. The molecule has 0 fully saturated rings. The lowest BCUT2D eigenvalue weighted by molar-refractivity contribution is 0.0523. The number of amides is 1. The van der Waals surface area contributed by atoms with Gasteiger partial charge in [-0.25, -0.2) is 9.78 Å². The molecule has 29 heavy (non-hydrogen) atoms. The Morgan fingerprint density at radius 1 is 1.17 bits per heavy atom. The monoisotopic (exact) mass is 397 g/mol. The number of hydrogen-bond donors (Lipinski definition) is 3. The fourth-order valence-corrected chi connectivity index (χ4v) is 2.87. The largest absolute Gasteiger partial charge is 0.444 e. The summed E-state index contributed by atoms with van der Waals surface area (Å²) in [6, 6.07) is 14.4. The highest BCUT2D eigenvalue weighted by molar-refractivity contribution is 5.72. The molecule has 1 aromatic heterocycles. The normalized spacial score (nSPS) is 13.8. The van der Waals surface area contributed by atoms with Crippen LogP contribution >= 0.6 is 0 Å². The number of rotatable bonds is 6. The lowest BCUT2D eigenvalue weighted by atomic mass is 10.0. The van der Waals surface area contributed by atoms with E-state index in [1.54, 1.807) is 6.07 Å². The van der Waals surface area contributed by atoms with E-state index in [4.69, 9.17) is 14.9 Å². The van der Waals surface area contributed by atoms with E-state index in [0.29, 0.717) is 24.1 Å². The predicted octanol–water partition coefficient (Wildman–Crippen LogP) is 3.46. The van der Waals surface area contributed by atoms with Gasteiger partial charge in [-0.1, -0.05) is 36.4 Å². The number of aromatic nitrogens is 1. The van der Waals surface area contributed by atoms with Gasteiger partial charge in [0.1, 0.15) is 17.2 Å². The Balaban J connectivity index is 1.55. The number of nitrogens with one attached hydrogen (secondary N) is 1. The Bertz CT molecular complexity index is 927. The summed E-state index contributed by atoms with van der Waals surface area (Å²) in [5.74, 6) is 0.219. The van der Waals surface area contributed by atoms with Crippen LogP contribution in [-0.2, 0) is 17.7 Å². The first kappa shape index (κ1) is 20.8. The first-order valence-corrected chi connectivity index (χ1v) is 9.55. The first-order chi connectivity index (χ1) is 13.7. The van der Waals surface area contributed by atoms with Crippen LogP contribution in [0.1, 0.15) is 43.9 Å². The second-order valence-electron chi connectivity index (χ2n) is 8.00. The van der Waals surface area contributed by atoms with Gasteiger partial charge in [-0.3, -0.25) is 0 Å². The minimum absolute atomic E-state index is 0.219. The standard InChI is InChI=1S/C22H27N3O4/c1-22(2,3)29-21(27)24-13-15-10-8-14(9-11-15)12-16(23)19(26)20-25-17-6-4-5-7-18(17)28-20/h4-11,16,19,26H,12-13,23H2,1-3H3,(H,24,27)/t16-,19?/m0/s1. The molecule has 0 spiro atoms. The van der Waals surface area contributed by atoms with Gasteiger partial charge >= 0.3 is 6.09 Å². The summed E-state index contributed by atoms with van der Waals surface area (Å²) in [6.07, 6.45) is -0.999. The summed E-state index contributed by atoms with van der Waals surface area (Å²) in [5.41, 5.74) is 8.86. The SMILES string of the molecule is CC(C)(C)OC(=O)NCc1ccc(C[C@H](N)C(O)c2nc3ccccc3o2)cc1. The Hall–Kier alpha value is -2.90. The van der Waals surface area contributed by atoms with Crippen LogP contribution in [0.3, 0.4) is 0 Å². The molecule has 0 bridgehead atoms. The Kier molecular flexibility index (Phi) is 6.20. The smallest absolute Gasteiger partial charge is 0.407 e. The molecule has 0 aliphatic rings. The molecule has 0 aliphatic heterocycles. The van der Waals surface area contributed by atoms with E-state index in [0.717, 1.165) is 11.1 Å². The van der Waals surface area contributed by atoms with Gasteiger partial charge in [0.05, 0.1) is 0 Å². The number of hydrogen-bond acceptors (Lipinski definition) is 6. The number of nitrogens with zero attached hydrogens (tertiary/aromatic N) is 1. The molecule has 4 N–H and O–H groups in total. The van der Waals surface area contributed by atoms with Crippen LogP contribution in [0.5, 0.6) is 0 Å². The quantitative estimate of drug-likeness (QED) is 0.587. The maximum absolute atomic E-state index is 11.7. The molecule has 3 aromatic rings. The summed E-state index contributed by atoms with van der Waals surface area (Å²) in [5, 5.41) is 13.2. The Labute approximate surface area is 169 Å². The fraction of sp³-hybridized carbons (Fsp3) is 0.364. The highest BCUT2D eigenvalue weighted by atomic mass is 16.6. The summed E-state index contributed by atoms with van der Waals surface area (Å²) < 4.78 is 10.8. The lowest BCUT2D eigenvalue weighted by Gasteiger charge is -2.19. The van der Waals surface area contributed by atoms with Crippen molar-refractivity contribution in [3.8, 4) is 0 Å². The van der Waals surface area contributed by atoms with Crippen LogP contribution in [0.4, 0.5) is 4.79 Å². The molecule has 2 aromatic carbocycles. The molecular weight excluding hydrogens is 370 g/mol. The van der Waals surface area contributed by atoms with Crippen molar-refractivity contribution in [2.45, 2.75) is 51.5 Å².